The average molecular weight is 527 g/mol. The summed E-state index contributed by atoms with van der Waals surface area (Å²) in [7, 11) is 0. The maximum Gasteiger partial charge on any atom is 0.231 e. The number of fused-ring (bicyclic) bond motifs is 1. The van der Waals surface area contributed by atoms with Crippen molar-refractivity contribution in [2.75, 3.05) is 44.9 Å². The third kappa shape index (κ3) is 9.09. The largest absolute Gasteiger partial charge is 0.494 e. The molecule has 1 unspecified atom stereocenters. The molecule has 0 radical (unpaired) electrons. The van der Waals surface area contributed by atoms with Crippen LogP contribution in [0.5, 0.6) is 17.2 Å². The molecule has 0 aliphatic carbocycles. The van der Waals surface area contributed by atoms with E-state index in [1.54, 1.807) is 0 Å². The Morgan fingerprint density at radius 2 is 1.97 bits per heavy atom. The van der Waals surface area contributed by atoms with Crippen molar-refractivity contribution in [2.24, 2.45) is 5.92 Å². The van der Waals surface area contributed by atoms with Crippen LogP contribution in [0.4, 0.5) is 5.69 Å². The van der Waals surface area contributed by atoms with Gasteiger partial charge in [0.25, 0.3) is 0 Å². The van der Waals surface area contributed by atoms with Crippen LogP contribution in [0.3, 0.4) is 0 Å². The molecule has 2 aliphatic heterocycles. The van der Waals surface area contributed by atoms with E-state index in [1.807, 2.05) is 24.3 Å². The second-order valence-electron chi connectivity index (χ2n) is 9.73. The number of piperidine rings is 1. The van der Waals surface area contributed by atoms with Crippen LogP contribution in [-0.2, 0) is 11.3 Å². The maximum atomic E-state index is 12.1. The first-order chi connectivity index (χ1) is 18.0. The summed E-state index contributed by atoms with van der Waals surface area (Å²) in [5, 5.41) is 9.71. The summed E-state index contributed by atoms with van der Waals surface area (Å²) in [5.41, 5.74) is 2.11. The van der Waals surface area contributed by atoms with Crippen LogP contribution in [0.1, 0.15) is 44.6 Å². The summed E-state index contributed by atoms with van der Waals surface area (Å²) in [6.07, 6.45) is 4.52. The smallest absolute Gasteiger partial charge is 0.231 e. The number of hydrogen-bond donors (Lipinski definition) is 3. The summed E-state index contributed by atoms with van der Waals surface area (Å²) in [6, 6.07) is 13.9. The third-order valence-electron chi connectivity index (χ3n) is 6.45. The molecule has 3 N–H and O–H groups in total. The third-order valence-corrected chi connectivity index (χ3v) is 6.70. The van der Waals surface area contributed by atoms with E-state index in [-0.39, 0.29) is 12.7 Å². The van der Waals surface area contributed by atoms with Crippen LogP contribution >= 0.6 is 12.2 Å². The molecule has 9 heteroatoms. The Kier molecular flexibility index (Phi) is 10.3. The van der Waals surface area contributed by atoms with E-state index in [9.17, 15) is 4.79 Å². The van der Waals surface area contributed by atoms with Crippen molar-refractivity contribution in [1.82, 2.24) is 15.5 Å². The van der Waals surface area contributed by atoms with Crippen molar-refractivity contribution in [3.05, 3.63) is 48.0 Å². The molecule has 0 saturated carbocycles. The van der Waals surface area contributed by atoms with Gasteiger partial charge in [0.15, 0.2) is 16.6 Å². The molecular weight excluding hydrogens is 488 g/mol. The number of ether oxygens (including phenoxy) is 3. The molecule has 1 saturated heterocycles. The highest BCUT2D eigenvalue weighted by atomic mass is 32.1. The molecule has 2 heterocycles. The van der Waals surface area contributed by atoms with Crippen molar-refractivity contribution in [3.63, 3.8) is 0 Å². The summed E-state index contributed by atoms with van der Waals surface area (Å²) >= 11 is 5.32. The fourth-order valence-electron chi connectivity index (χ4n) is 4.60. The van der Waals surface area contributed by atoms with E-state index >= 15 is 0 Å². The normalized spacial score (nSPS) is 16.7. The minimum absolute atomic E-state index is 0.0363. The van der Waals surface area contributed by atoms with E-state index in [0.29, 0.717) is 43.4 Å². The van der Waals surface area contributed by atoms with Crippen LogP contribution in [0.25, 0.3) is 0 Å². The summed E-state index contributed by atoms with van der Waals surface area (Å²) in [4.78, 5) is 14.6. The van der Waals surface area contributed by atoms with Gasteiger partial charge in [0, 0.05) is 44.4 Å². The van der Waals surface area contributed by atoms with E-state index in [2.05, 4.69) is 46.0 Å². The highest BCUT2D eigenvalue weighted by Crippen LogP contribution is 2.34. The zero-order valence-electron chi connectivity index (χ0n) is 21.6. The number of carbonyl (C=O) groups is 1. The Morgan fingerprint density at radius 3 is 2.86 bits per heavy atom. The highest BCUT2D eigenvalue weighted by Gasteiger charge is 2.16. The molecule has 2 aliphatic rings. The topological polar surface area (TPSA) is 84.1 Å². The number of thiocarbonyl (C=S) groups is 1. The predicted octanol–water partition coefficient (Wildman–Crippen LogP) is 4.30. The lowest BCUT2D eigenvalue weighted by atomic mass is 10.00. The zero-order valence-corrected chi connectivity index (χ0v) is 22.4. The molecule has 2 aromatic carbocycles. The first-order valence-corrected chi connectivity index (χ1v) is 13.6. The van der Waals surface area contributed by atoms with E-state index < -0.39 is 0 Å². The lowest BCUT2D eigenvalue weighted by Gasteiger charge is -2.30. The Morgan fingerprint density at radius 1 is 1.11 bits per heavy atom. The number of carbonyl (C=O) groups excluding carboxylic acids is 1. The molecule has 0 aromatic heterocycles. The van der Waals surface area contributed by atoms with Gasteiger partial charge in [0.2, 0.25) is 12.7 Å². The Bertz CT molecular complexity index is 1050. The second-order valence-corrected chi connectivity index (χ2v) is 10.1. The lowest BCUT2D eigenvalue weighted by Crippen LogP contribution is -2.33. The van der Waals surface area contributed by atoms with E-state index in [4.69, 9.17) is 26.4 Å². The quantitative estimate of drug-likeness (QED) is 0.279. The van der Waals surface area contributed by atoms with E-state index in [1.165, 1.54) is 31.5 Å². The fourth-order valence-corrected chi connectivity index (χ4v) is 4.82. The molecule has 37 heavy (non-hydrogen) atoms. The number of anilines is 1. The molecule has 4 rings (SSSR count). The van der Waals surface area contributed by atoms with E-state index in [0.717, 1.165) is 36.1 Å². The van der Waals surface area contributed by atoms with Crippen molar-refractivity contribution < 1.29 is 19.0 Å². The number of benzene rings is 2. The molecule has 200 valence electrons. The minimum Gasteiger partial charge on any atom is -0.494 e. The minimum atomic E-state index is 0.0363. The Balaban J connectivity index is 1.03. The number of rotatable bonds is 12. The molecule has 1 fully saturated rings. The van der Waals surface area contributed by atoms with Crippen LogP contribution in [0, 0.1) is 5.92 Å². The van der Waals surface area contributed by atoms with Crippen LogP contribution in [-0.4, -0.2) is 55.5 Å². The van der Waals surface area contributed by atoms with Gasteiger partial charge in [-0.25, -0.2) is 0 Å². The number of nitrogens with one attached hydrogen (secondary N) is 3. The second kappa shape index (κ2) is 14.0. The molecule has 0 spiro atoms. The molecule has 2 aromatic rings. The number of likely N-dealkylation sites (tertiary alicyclic amines) is 1. The van der Waals surface area contributed by atoms with Crippen molar-refractivity contribution in [1.29, 1.82) is 0 Å². The fraction of sp³-hybridized carbons (Fsp3) is 0.500. The molecule has 8 nitrogen and oxygen atoms in total. The van der Waals surface area contributed by atoms with Gasteiger partial charge in [0.05, 0.1) is 6.61 Å². The molecular formula is C28H38N4O4S. The monoisotopic (exact) mass is 526 g/mol. The standard InChI is InChI=1S/C28H38N4O4S/c1-21-6-4-14-32(18-21)19-22-7-2-8-24(16-22)34-15-5-13-29-27(33)9-3-12-30-28(37)31-23-10-11-25-26(17-23)36-20-35-25/h2,7-8,10-11,16-17,21H,3-6,9,12-15,18-20H2,1H3,(H,29,33)(H2,30,31,37). The summed E-state index contributed by atoms with van der Waals surface area (Å²) < 4.78 is 16.6. The van der Waals surface area contributed by atoms with Gasteiger partial charge in [-0.3, -0.25) is 9.69 Å². The molecule has 0 bridgehead atoms. The van der Waals surface area contributed by atoms with Gasteiger partial charge >= 0.3 is 0 Å². The maximum absolute atomic E-state index is 12.1. The Hall–Kier alpha value is -3.04. The van der Waals surface area contributed by atoms with Gasteiger partial charge in [-0.15, -0.1) is 0 Å². The molecule has 1 amide bonds. The average Bonchev–Trinajstić information content (AvgIpc) is 3.35. The first kappa shape index (κ1) is 27.0. The van der Waals surface area contributed by atoms with Crippen LogP contribution in [0.2, 0.25) is 0 Å². The van der Waals surface area contributed by atoms with Crippen molar-refractivity contribution in [3.8, 4) is 17.2 Å². The number of nitrogens with zero attached hydrogens (tertiary/aromatic N) is 1. The highest BCUT2D eigenvalue weighted by molar-refractivity contribution is 7.80. The Labute approximate surface area is 225 Å². The predicted molar refractivity (Wildman–Crippen MR) is 149 cm³/mol. The van der Waals surface area contributed by atoms with Crippen molar-refractivity contribution in [2.45, 2.75) is 45.6 Å². The SMILES string of the molecule is CC1CCCN(Cc2cccc(OCCCNC(=O)CCCNC(=S)Nc3ccc4c(c3)OCO4)c2)C1. The summed E-state index contributed by atoms with van der Waals surface area (Å²) in [5.74, 6) is 3.14. The lowest BCUT2D eigenvalue weighted by molar-refractivity contribution is -0.121. The van der Waals surface area contributed by atoms with Gasteiger partial charge < -0.3 is 30.2 Å². The summed E-state index contributed by atoms with van der Waals surface area (Å²) in [6.45, 7) is 7.68. The van der Waals surface area contributed by atoms with Gasteiger partial charge in [-0.1, -0.05) is 19.1 Å². The van der Waals surface area contributed by atoms with Crippen LogP contribution < -0.4 is 30.2 Å². The van der Waals surface area contributed by atoms with Gasteiger partial charge in [-0.05, 0) is 80.2 Å². The first-order valence-electron chi connectivity index (χ1n) is 13.2. The van der Waals surface area contributed by atoms with Crippen LogP contribution in [0.15, 0.2) is 42.5 Å². The molecule has 1 atom stereocenters. The van der Waals surface area contributed by atoms with Gasteiger partial charge in [-0.2, -0.15) is 0 Å². The van der Waals surface area contributed by atoms with Crippen molar-refractivity contribution >= 4 is 28.9 Å². The number of amides is 1. The number of hydrogen-bond acceptors (Lipinski definition) is 6. The van der Waals surface area contributed by atoms with Gasteiger partial charge in [0.1, 0.15) is 5.75 Å². The zero-order chi connectivity index (χ0) is 25.9.